The largest absolute Gasteiger partial charge is 0.304 e. The van der Waals surface area contributed by atoms with E-state index in [1.54, 1.807) is 0 Å². The molecule has 62 heavy (non-hydrogen) atoms. The van der Waals surface area contributed by atoms with Crippen LogP contribution in [0.2, 0.25) is 0 Å². The van der Waals surface area contributed by atoms with Crippen molar-refractivity contribution in [1.29, 1.82) is 0 Å². The third-order valence-corrected chi connectivity index (χ3v) is 13.4. The summed E-state index contributed by atoms with van der Waals surface area (Å²) in [4.78, 5) is 10.3. The molecule has 4 rings (SSSR count). The molecule has 4 fully saturated rings. The molecule has 0 aromatic carbocycles. The lowest BCUT2D eigenvalue weighted by Crippen LogP contribution is -2.33. The summed E-state index contributed by atoms with van der Waals surface area (Å²) in [6, 6.07) is 0. The minimum absolute atomic E-state index is 0.967. The number of hydrogen-bond acceptors (Lipinski definition) is 4. The van der Waals surface area contributed by atoms with Crippen LogP contribution in [0.5, 0.6) is 0 Å². The molecule has 4 nitrogen and oxygen atoms in total. The maximum absolute atomic E-state index is 2.58. The van der Waals surface area contributed by atoms with Crippen molar-refractivity contribution in [2.45, 2.75) is 268 Å². The first-order chi connectivity index (χ1) is 30.3. The van der Waals surface area contributed by atoms with E-state index in [9.17, 15) is 0 Å². The summed E-state index contributed by atoms with van der Waals surface area (Å²) in [6.45, 7) is 62.2. The van der Waals surface area contributed by atoms with Crippen molar-refractivity contribution in [1.82, 2.24) is 19.6 Å². The van der Waals surface area contributed by atoms with Crippen molar-refractivity contribution < 1.29 is 0 Å². The average Bonchev–Trinajstić information content (AvgIpc) is 3.36. The van der Waals surface area contributed by atoms with Gasteiger partial charge in [-0.1, -0.05) is 223 Å². The molecule has 0 N–H and O–H groups in total. The summed E-state index contributed by atoms with van der Waals surface area (Å²) in [5.74, 6) is 5.94. The maximum Gasteiger partial charge on any atom is 0.00120 e. The minimum Gasteiger partial charge on any atom is -0.304 e. The summed E-state index contributed by atoms with van der Waals surface area (Å²) in [5.41, 5.74) is 0. The monoisotopic (exact) mass is 885 g/mol. The minimum atomic E-state index is 0.967. The predicted octanol–water partition coefficient (Wildman–Crippen LogP) is 18.3. The highest BCUT2D eigenvalue weighted by molar-refractivity contribution is 4.76. The number of nitrogens with zero attached hydrogens (tertiary/aromatic N) is 4. The van der Waals surface area contributed by atoms with Crippen LogP contribution < -0.4 is 0 Å². The quantitative estimate of drug-likeness (QED) is 0.153. The molecule has 4 aliphatic rings. The van der Waals surface area contributed by atoms with E-state index in [4.69, 9.17) is 0 Å². The second-order valence-electron chi connectivity index (χ2n) is 17.1. The number of rotatable bonds is 16. The van der Waals surface area contributed by atoms with Crippen molar-refractivity contribution >= 4 is 0 Å². The van der Waals surface area contributed by atoms with E-state index >= 15 is 0 Å². The SMILES string of the molecule is CC.CC.CC.CC.CC.CC.CCN(CC)CC1CCCC(C)C1.CCN(CC)CC1CCCCC1.CCN(CC)CC1CCCCC1.CCN(CC)CC1CCCCC1C. The van der Waals surface area contributed by atoms with Gasteiger partial charge in [0.1, 0.15) is 0 Å². The number of hydrogen-bond donors (Lipinski definition) is 0. The molecular formula is C58H132N4. The van der Waals surface area contributed by atoms with Gasteiger partial charge in [0.05, 0.1) is 0 Å². The Kier molecular flexibility index (Phi) is 72.0. The molecular weight excluding hydrogens is 753 g/mol. The zero-order valence-electron chi connectivity index (χ0n) is 48.5. The molecule has 0 spiro atoms. The van der Waals surface area contributed by atoms with Gasteiger partial charge >= 0.3 is 0 Å². The molecule has 0 saturated heterocycles. The molecule has 0 aromatic rings. The van der Waals surface area contributed by atoms with E-state index in [2.05, 4.69) is 88.8 Å². The molecule has 4 unspecified atom stereocenters. The van der Waals surface area contributed by atoms with Gasteiger partial charge in [-0.25, -0.2) is 0 Å². The fourth-order valence-corrected chi connectivity index (χ4v) is 9.48. The van der Waals surface area contributed by atoms with Crippen LogP contribution in [-0.2, 0) is 0 Å². The molecule has 0 heterocycles. The Morgan fingerprint density at radius 3 is 0.871 bits per heavy atom. The van der Waals surface area contributed by atoms with Crippen molar-refractivity contribution in [3.05, 3.63) is 0 Å². The van der Waals surface area contributed by atoms with E-state index in [1.165, 1.54) is 194 Å². The molecule has 0 amide bonds. The Labute approximate surface area is 400 Å². The molecule has 0 radical (unpaired) electrons. The zero-order chi connectivity index (χ0) is 49.0. The van der Waals surface area contributed by atoms with Crippen LogP contribution in [0.25, 0.3) is 0 Å². The van der Waals surface area contributed by atoms with E-state index < -0.39 is 0 Å². The van der Waals surface area contributed by atoms with Crippen LogP contribution >= 0.6 is 0 Å². The van der Waals surface area contributed by atoms with Gasteiger partial charge in [-0.2, -0.15) is 0 Å². The Balaban J connectivity index is -0.000000155. The molecule has 4 saturated carbocycles. The van der Waals surface area contributed by atoms with Gasteiger partial charge in [-0.05, 0) is 133 Å². The van der Waals surface area contributed by atoms with Crippen LogP contribution in [0.3, 0.4) is 0 Å². The Bertz CT molecular complexity index is 674. The van der Waals surface area contributed by atoms with Gasteiger partial charge in [0, 0.05) is 26.2 Å². The molecule has 4 heteroatoms. The molecule has 0 aliphatic heterocycles. The van der Waals surface area contributed by atoms with Gasteiger partial charge in [-0.3, -0.25) is 0 Å². The summed E-state index contributed by atoms with van der Waals surface area (Å²) in [6.07, 6.45) is 26.5. The summed E-state index contributed by atoms with van der Waals surface area (Å²) >= 11 is 0. The Hall–Kier alpha value is -0.160. The van der Waals surface area contributed by atoms with E-state index in [1.807, 2.05) is 83.1 Å². The smallest absolute Gasteiger partial charge is 0.00120 e. The third-order valence-electron chi connectivity index (χ3n) is 13.4. The molecule has 0 bridgehead atoms. The second kappa shape index (κ2) is 60.8. The van der Waals surface area contributed by atoms with E-state index in [0.717, 1.165) is 35.5 Å². The lowest BCUT2D eigenvalue weighted by atomic mass is 9.80. The highest BCUT2D eigenvalue weighted by atomic mass is 15.1. The first kappa shape index (κ1) is 73.4. The van der Waals surface area contributed by atoms with E-state index in [0.29, 0.717) is 0 Å². The van der Waals surface area contributed by atoms with Crippen LogP contribution in [0.1, 0.15) is 268 Å². The Morgan fingerprint density at radius 1 is 0.290 bits per heavy atom. The highest BCUT2D eigenvalue weighted by Crippen LogP contribution is 2.31. The van der Waals surface area contributed by atoms with Crippen molar-refractivity contribution in [3.63, 3.8) is 0 Å². The molecule has 4 aliphatic carbocycles. The second-order valence-corrected chi connectivity index (χ2v) is 17.1. The van der Waals surface area contributed by atoms with Crippen molar-refractivity contribution in [3.8, 4) is 0 Å². The normalized spacial score (nSPS) is 20.8. The third kappa shape index (κ3) is 43.7. The summed E-state index contributed by atoms with van der Waals surface area (Å²) in [7, 11) is 0. The van der Waals surface area contributed by atoms with Crippen LogP contribution in [0.4, 0.5) is 0 Å². The van der Waals surface area contributed by atoms with E-state index in [-0.39, 0.29) is 0 Å². The average molecular weight is 886 g/mol. The van der Waals surface area contributed by atoms with Crippen LogP contribution in [0.15, 0.2) is 0 Å². The molecule has 384 valence electrons. The lowest BCUT2D eigenvalue weighted by Gasteiger charge is -2.32. The predicted molar refractivity (Wildman–Crippen MR) is 295 cm³/mol. The Morgan fingerprint density at radius 2 is 0.565 bits per heavy atom. The first-order valence-corrected chi connectivity index (χ1v) is 29.2. The van der Waals surface area contributed by atoms with Crippen LogP contribution in [0, 0.1) is 35.5 Å². The van der Waals surface area contributed by atoms with Gasteiger partial charge in [0.15, 0.2) is 0 Å². The molecule has 0 aromatic heterocycles. The van der Waals surface area contributed by atoms with Gasteiger partial charge in [-0.15, -0.1) is 0 Å². The lowest BCUT2D eigenvalue weighted by molar-refractivity contribution is 0.169. The topological polar surface area (TPSA) is 13.0 Å². The summed E-state index contributed by atoms with van der Waals surface area (Å²) < 4.78 is 0. The standard InChI is InChI=1S/2C12H25N.2C11H23N.6C2H6/c1-4-13(5-2)10-12-8-6-7-11(3)9-12;1-4-13(5-2)10-12-9-7-6-8-11(12)3;2*1-3-12(4-2)10-11-8-6-5-7-9-11;6*1-2/h2*11-12H,4-10H2,1-3H3;2*11H,3-10H2,1-2H3;6*1-2H3. The molecule has 4 atom stereocenters. The van der Waals surface area contributed by atoms with Crippen LogP contribution in [-0.4, -0.2) is 98.1 Å². The summed E-state index contributed by atoms with van der Waals surface area (Å²) in [5, 5.41) is 0. The van der Waals surface area contributed by atoms with Gasteiger partial charge < -0.3 is 19.6 Å². The first-order valence-electron chi connectivity index (χ1n) is 29.2. The highest BCUT2D eigenvalue weighted by Gasteiger charge is 2.23. The fraction of sp³-hybridized carbons (Fsp3) is 1.00. The maximum atomic E-state index is 2.58. The zero-order valence-corrected chi connectivity index (χ0v) is 48.5. The van der Waals surface area contributed by atoms with Gasteiger partial charge in [0.2, 0.25) is 0 Å². The fourth-order valence-electron chi connectivity index (χ4n) is 9.48. The van der Waals surface area contributed by atoms with Crippen molar-refractivity contribution in [2.24, 2.45) is 35.5 Å². The van der Waals surface area contributed by atoms with Crippen molar-refractivity contribution in [2.75, 3.05) is 78.5 Å². The van der Waals surface area contributed by atoms with Gasteiger partial charge in [0.25, 0.3) is 0 Å².